The van der Waals surface area contributed by atoms with Gasteiger partial charge in [0.1, 0.15) is 0 Å². The number of piperidine rings is 1. The number of hydrogen-bond donors (Lipinski definition) is 1. The zero-order chi connectivity index (χ0) is 11.0. The summed E-state index contributed by atoms with van der Waals surface area (Å²) in [5, 5.41) is 7.57. The zero-order valence-electron chi connectivity index (χ0n) is 9.65. The van der Waals surface area contributed by atoms with Gasteiger partial charge in [-0.2, -0.15) is 0 Å². The van der Waals surface area contributed by atoms with Crippen LogP contribution in [0, 0.1) is 12.8 Å². The van der Waals surface area contributed by atoms with Crippen LogP contribution in [0.4, 0.5) is 0 Å². The van der Waals surface area contributed by atoms with Crippen molar-refractivity contribution < 1.29 is 4.52 Å². The highest BCUT2D eigenvalue weighted by Crippen LogP contribution is 2.32. The van der Waals surface area contributed by atoms with E-state index < -0.39 is 0 Å². The Morgan fingerprint density at radius 3 is 3.19 bits per heavy atom. The predicted molar refractivity (Wildman–Crippen MR) is 62.9 cm³/mol. The number of nitrogens with zero attached hydrogens (tertiary/aromatic N) is 1. The average molecular weight is 218 g/mol. The molecule has 1 aromatic heterocycles. The van der Waals surface area contributed by atoms with Gasteiger partial charge in [0.25, 0.3) is 0 Å². The molecule has 0 spiro atoms. The number of nitrogens with one attached hydrogen (secondary N) is 1. The highest BCUT2D eigenvalue weighted by Gasteiger charge is 2.34. The van der Waals surface area contributed by atoms with E-state index in [2.05, 4.69) is 22.6 Å². The molecule has 2 fully saturated rings. The van der Waals surface area contributed by atoms with Crippen LogP contribution in [-0.2, 0) is 0 Å². The molecule has 3 rings (SSSR count). The molecular formula is C13H18N2O. The van der Waals surface area contributed by atoms with Gasteiger partial charge in [-0.3, -0.25) is 0 Å². The van der Waals surface area contributed by atoms with Gasteiger partial charge >= 0.3 is 0 Å². The maximum absolute atomic E-state index is 5.18. The Labute approximate surface area is 95.9 Å². The number of fused-ring (bicyclic) bond motifs is 2. The molecule has 0 aromatic carbocycles. The smallest absolute Gasteiger partial charge is 0.159 e. The van der Waals surface area contributed by atoms with Gasteiger partial charge < -0.3 is 9.84 Å². The summed E-state index contributed by atoms with van der Waals surface area (Å²) in [7, 11) is 0. The summed E-state index contributed by atoms with van der Waals surface area (Å²) in [6.45, 7) is 1.95. The minimum atomic E-state index is 0.679. The van der Waals surface area contributed by atoms with Crippen molar-refractivity contribution in [3.8, 4) is 0 Å². The number of aromatic nitrogens is 1. The van der Waals surface area contributed by atoms with E-state index in [0.717, 1.165) is 17.5 Å². The second-order valence-corrected chi connectivity index (χ2v) is 5.03. The van der Waals surface area contributed by atoms with Crippen molar-refractivity contribution in [3.05, 3.63) is 23.6 Å². The van der Waals surface area contributed by atoms with Gasteiger partial charge in [-0.05, 0) is 38.2 Å². The van der Waals surface area contributed by atoms with Gasteiger partial charge in [0.05, 0.1) is 5.69 Å². The maximum atomic E-state index is 5.18. The third-order valence-electron chi connectivity index (χ3n) is 3.74. The van der Waals surface area contributed by atoms with Crippen LogP contribution in [0.1, 0.15) is 37.1 Å². The van der Waals surface area contributed by atoms with Gasteiger partial charge in [-0.1, -0.05) is 17.7 Å². The van der Waals surface area contributed by atoms with Crippen LogP contribution in [0.25, 0.3) is 6.08 Å². The SMILES string of the molecule is Cc1cc(/C=C/C2CC3CCCC2N3)on1. The van der Waals surface area contributed by atoms with Crippen molar-refractivity contribution in [1.82, 2.24) is 10.5 Å². The molecule has 3 heterocycles. The van der Waals surface area contributed by atoms with Crippen molar-refractivity contribution in [2.75, 3.05) is 0 Å². The van der Waals surface area contributed by atoms with Gasteiger partial charge in [-0.15, -0.1) is 0 Å². The molecule has 16 heavy (non-hydrogen) atoms. The van der Waals surface area contributed by atoms with Crippen LogP contribution in [0.3, 0.4) is 0 Å². The predicted octanol–water partition coefficient (Wildman–Crippen LogP) is 2.53. The van der Waals surface area contributed by atoms with Gasteiger partial charge in [0.15, 0.2) is 5.76 Å². The summed E-state index contributed by atoms with van der Waals surface area (Å²) in [6.07, 6.45) is 9.71. The zero-order valence-corrected chi connectivity index (χ0v) is 9.65. The third-order valence-corrected chi connectivity index (χ3v) is 3.74. The van der Waals surface area contributed by atoms with E-state index >= 15 is 0 Å². The summed E-state index contributed by atoms with van der Waals surface area (Å²) in [5.74, 6) is 1.55. The van der Waals surface area contributed by atoms with Gasteiger partial charge in [0.2, 0.25) is 0 Å². The molecule has 2 aliphatic rings. The lowest BCUT2D eigenvalue weighted by Gasteiger charge is -2.21. The molecular weight excluding hydrogens is 200 g/mol. The average Bonchev–Trinajstić information content (AvgIpc) is 2.81. The monoisotopic (exact) mass is 218 g/mol. The first kappa shape index (κ1) is 10.1. The lowest BCUT2D eigenvalue weighted by atomic mass is 9.98. The van der Waals surface area contributed by atoms with Crippen LogP contribution in [0.15, 0.2) is 16.7 Å². The van der Waals surface area contributed by atoms with Crippen LogP contribution in [-0.4, -0.2) is 17.2 Å². The lowest BCUT2D eigenvalue weighted by molar-refractivity contribution is 0.392. The topological polar surface area (TPSA) is 38.1 Å². The molecule has 86 valence electrons. The fraction of sp³-hybridized carbons (Fsp3) is 0.615. The van der Waals surface area contributed by atoms with Crippen molar-refractivity contribution in [2.24, 2.45) is 5.92 Å². The Morgan fingerprint density at radius 2 is 2.44 bits per heavy atom. The molecule has 3 atom stereocenters. The minimum Gasteiger partial charge on any atom is -0.357 e. The summed E-state index contributed by atoms with van der Waals surface area (Å²) in [4.78, 5) is 0. The van der Waals surface area contributed by atoms with Crippen molar-refractivity contribution >= 4 is 6.08 Å². The Morgan fingerprint density at radius 1 is 1.50 bits per heavy atom. The van der Waals surface area contributed by atoms with Crippen LogP contribution >= 0.6 is 0 Å². The summed E-state index contributed by atoms with van der Waals surface area (Å²) < 4.78 is 5.18. The lowest BCUT2D eigenvalue weighted by Crippen LogP contribution is -2.35. The first-order valence-corrected chi connectivity index (χ1v) is 6.19. The minimum absolute atomic E-state index is 0.679. The molecule has 3 unspecified atom stereocenters. The van der Waals surface area contributed by atoms with Crippen LogP contribution in [0.2, 0.25) is 0 Å². The molecule has 3 nitrogen and oxygen atoms in total. The first-order valence-electron chi connectivity index (χ1n) is 6.19. The number of hydrogen-bond acceptors (Lipinski definition) is 3. The highest BCUT2D eigenvalue weighted by atomic mass is 16.5. The molecule has 1 aromatic rings. The normalized spacial score (nSPS) is 33.7. The standard InChI is InChI=1S/C13H18N2O/c1-9-7-12(16-15-9)6-5-10-8-11-3-2-4-13(10)14-11/h5-7,10-11,13-14H,2-4,8H2,1H3/b6-5+. The van der Waals surface area contributed by atoms with E-state index in [9.17, 15) is 0 Å². The van der Waals surface area contributed by atoms with Crippen LogP contribution < -0.4 is 5.32 Å². The molecule has 2 aliphatic heterocycles. The first-order chi connectivity index (χ1) is 7.81. The highest BCUT2D eigenvalue weighted by molar-refractivity contribution is 5.43. The number of aryl methyl sites for hydroxylation is 1. The Hall–Kier alpha value is -1.09. The van der Waals surface area contributed by atoms with Crippen molar-refractivity contribution in [2.45, 2.75) is 44.7 Å². The van der Waals surface area contributed by atoms with Gasteiger partial charge in [-0.25, -0.2) is 0 Å². The molecule has 3 heteroatoms. The Kier molecular flexibility index (Phi) is 2.56. The van der Waals surface area contributed by atoms with Crippen molar-refractivity contribution in [1.29, 1.82) is 0 Å². The molecule has 0 aliphatic carbocycles. The Bertz CT molecular complexity index is 396. The largest absolute Gasteiger partial charge is 0.357 e. The molecule has 0 saturated carbocycles. The maximum Gasteiger partial charge on any atom is 0.159 e. The fourth-order valence-electron chi connectivity index (χ4n) is 2.96. The molecule has 2 bridgehead atoms. The van der Waals surface area contributed by atoms with E-state index in [1.165, 1.54) is 25.7 Å². The third kappa shape index (κ3) is 1.92. The van der Waals surface area contributed by atoms with E-state index in [1.54, 1.807) is 0 Å². The summed E-state index contributed by atoms with van der Waals surface area (Å²) in [5.41, 5.74) is 0.947. The van der Waals surface area contributed by atoms with E-state index in [1.807, 2.05) is 13.0 Å². The van der Waals surface area contributed by atoms with E-state index in [-0.39, 0.29) is 0 Å². The summed E-state index contributed by atoms with van der Waals surface area (Å²) >= 11 is 0. The summed E-state index contributed by atoms with van der Waals surface area (Å²) in [6, 6.07) is 3.43. The molecule has 2 saturated heterocycles. The molecule has 1 N–H and O–H groups in total. The Balaban J connectivity index is 1.68. The van der Waals surface area contributed by atoms with Crippen molar-refractivity contribution in [3.63, 3.8) is 0 Å². The fourth-order valence-corrected chi connectivity index (χ4v) is 2.96. The quantitative estimate of drug-likeness (QED) is 0.829. The second-order valence-electron chi connectivity index (χ2n) is 5.03. The molecule has 0 radical (unpaired) electrons. The van der Waals surface area contributed by atoms with E-state index in [4.69, 9.17) is 4.52 Å². The van der Waals surface area contributed by atoms with E-state index in [0.29, 0.717) is 12.0 Å². The van der Waals surface area contributed by atoms with Crippen LogP contribution in [0.5, 0.6) is 0 Å². The second kappa shape index (κ2) is 4.06. The van der Waals surface area contributed by atoms with Gasteiger partial charge in [0, 0.05) is 18.2 Å². The number of rotatable bonds is 2. The molecule has 0 amide bonds.